The van der Waals surface area contributed by atoms with Crippen molar-refractivity contribution in [2.24, 2.45) is 0 Å². The molecule has 20 heteroatoms. The maximum atomic E-state index is 12.7. The molecule has 0 saturated carbocycles. The van der Waals surface area contributed by atoms with Crippen LogP contribution in [0.2, 0.25) is 0 Å². The van der Waals surface area contributed by atoms with Gasteiger partial charge < -0.3 is 36.6 Å². The fraction of sp³-hybridized carbons (Fsp3) is 0.379. The molecule has 0 aliphatic heterocycles. The number of Topliss-reactive ketones (excluding diaryl/α,β-unsaturated/α-hetero) is 1. The van der Waals surface area contributed by atoms with Crippen LogP contribution in [-0.4, -0.2) is 95.9 Å². The SMILES string of the molecule is CC(=O)[C@H](CC(=O)O)NC(=O)CCSSCCOC(=O)CC[C@H](NC(=O)c1ccc(NCc2cnc3nc(N)[nH]c(=O)c3n2)cc1)C(=O)O. The molecule has 49 heavy (non-hydrogen) atoms. The number of H-pyrrole nitrogens is 1. The zero-order valence-corrected chi connectivity index (χ0v) is 27.7. The summed E-state index contributed by atoms with van der Waals surface area (Å²) in [4.78, 5) is 97.4. The van der Waals surface area contributed by atoms with Gasteiger partial charge in [0.15, 0.2) is 16.9 Å². The van der Waals surface area contributed by atoms with Gasteiger partial charge in [0, 0.05) is 35.6 Å². The van der Waals surface area contributed by atoms with Crippen LogP contribution < -0.4 is 27.2 Å². The van der Waals surface area contributed by atoms with E-state index in [0.29, 0.717) is 22.9 Å². The summed E-state index contributed by atoms with van der Waals surface area (Å²) in [5.74, 6) is -4.02. The van der Waals surface area contributed by atoms with Crippen LogP contribution in [0.15, 0.2) is 35.3 Å². The van der Waals surface area contributed by atoms with Crippen molar-refractivity contribution in [1.29, 1.82) is 0 Å². The molecule has 0 aliphatic rings. The van der Waals surface area contributed by atoms with E-state index >= 15 is 0 Å². The third-order valence-electron chi connectivity index (χ3n) is 6.48. The number of carbonyl (C=O) groups excluding carboxylic acids is 4. The predicted molar refractivity (Wildman–Crippen MR) is 180 cm³/mol. The average molecular weight is 719 g/mol. The zero-order chi connectivity index (χ0) is 35.9. The summed E-state index contributed by atoms with van der Waals surface area (Å²) in [6, 6.07) is 3.75. The van der Waals surface area contributed by atoms with Gasteiger partial charge >= 0.3 is 17.9 Å². The number of aromatic nitrogens is 4. The number of amides is 2. The summed E-state index contributed by atoms with van der Waals surface area (Å²) in [6.45, 7) is 1.44. The van der Waals surface area contributed by atoms with Crippen molar-refractivity contribution in [1.82, 2.24) is 30.6 Å². The van der Waals surface area contributed by atoms with Gasteiger partial charge in [0.05, 0.1) is 30.9 Å². The number of rotatable bonds is 20. The largest absolute Gasteiger partial charge is 0.481 e. The van der Waals surface area contributed by atoms with E-state index in [1.165, 1.54) is 46.8 Å². The molecule has 2 heterocycles. The van der Waals surface area contributed by atoms with Gasteiger partial charge in [-0.05, 0) is 37.6 Å². The minimum Gasteiger partial charge on any atom is -0.481 e. The maximum Gasteiger partial charge on any atom is 0.326 e. The number of nitrogens with two attached hydrogens (primary N) is 1. The molecule has 2 atom stereocenters. The number of carbonyl (C=O) groups is 6. The van der Waals surface area contributed by atoms with Crippen molar-refractivity contribution >= 4 is 79.9 Å². The number of anilines is 2. The molecule has 2 aromatic heterocycles. The lowest BCUT2D eigenvalue weighted by Crippen LogP contribution is -2.41. The lowest BCUT2D eigenvalue weighted by Gasteiger charge is -2.15. The van der Waals surface area contributed by atoms with E-state index in [2.05, 4.69) is 35.9 Å². The Labute approximate surface area is 286 Å². The summed E-state index contributed by atoms with van der Waals surface area (Å²) >= 11 is 0. The normalized spacial score (nSPS) is 12.0. The highest BCUT2D eigenvalue weighted by Gasteiger charge is 2.23. The van der Waals surface area contributed by atoms with Crippen LogP contribution in [-0.2, 0) is 35.3 Å². The first-order valence-corrected chi connectivity index (χ1v) is 17.1. The van der Waals surface area contributed by atoms with Gasteiger partial charge in [-0.3, -0.25) is 33.8 Å². The number of nitrogen functional groups attached to an aromatic ring is 1. The number of aliphatic carboxylic acids is 2. The van der Waals surface area contributed by atoms with Crippen LogP contribution in [0, 0.1) is 0 Å². The Kier molecular flexibility index (Phi) is 14.8. The standard InChI is InChI=1S/C29H34N8O10S2/c1-15(38)20(12-22(40)41)34-21(39)8-10-48-49-11-9-47-23(42)7-6-19(28(45)46)35-26(43)16-2-4-17(5-3-16)31-13-18-14-32-25-24(33-18)27(44)37-29(30)36-25/h2-5,14,19-20,31H,6-13H2,1H3,(H,34,39)(H,35,43)(H,40,41)(H,45,46)(H3,30,32,36,37,44)/t19-,20-/m0/s1. The Morgan fingerprint density at radius 2 is 1.69 bits per heavy atom. The van der Waals surface area contributed by atoms with E-state index in [-0.39, 0.29) is 55.1 Å². The van der Waals surface area contributed by atoms with Gasteiger partial charge in [-0.15, -0.1) is 0 Å². The van der Waals surface area contributed by atoms with Crippen molar-refractivity contribution in [2.45, 2.75) is 51.2 Å². The van der Waals surface area contributed by atoms with Crippen molar-refractivity contribution < 1.29 is 43.7 Å². The Hall–Kier alpha value is -5.24. The first-order chi connectivity index (χ1) is 23.3. The summed E-state index contributed by atoms with van der Waals surface area (Å²) in [6.07, 6.45) is 0.562. The van der Waals surface area contributed by atoms with Crippen LogP contribution in [0.25, 0.3) is 11.2 Å². The van der Waals surface area contributed by atoms with Gasteiger partial charge in [0.25, 0.3) is 11.5 Å². The number of fused-ring (bicyclic) bond motifs is 1. The molecule has 1 aromatic carbocycles. The second-order valence-corrected chi connectivity index (χ2v) is 13.0. The van der Waals surface area contributed by atoms with Crippen LogP contribution in [0.1, 0.15) is 48.7 Å². The average Bonchev–Trinajstić information content (AvgIpc) is 3.04. The van der Waals surface area contributed by atoms with Crippen LogP contribution >= 0.6 is 21.6 Å². The summed E-state index contributed by atoms with van der Waals surface area (Å²) in [5.41, 5.74) is 6.39. The number of esters is 1. The van der Waals surface area contributed by atoms with Crippen molar-refractivity contribution in [3.05, 3.63) is 52.1 Å². The second kappa shape index (κ2) is 18.9. The van der Waals surface area contributed by atoms with E-state index < -0.39 is 59.6 Å². The molecule has 0 unspecified atom stereocenters. The molecular weight excluding hydrogens is 684 g/mol. The van der Waals surface area contributed by atoms with E-state index in [9.17, 15) is 38.7 Å². The molecule has 18 nitrogen and oxygen atoms in total. The highest BCUT2D eigenvalue weighted by atomic mass is 33.1. The lowest BCUT2D eigenvalue weighted by molar-refractivity contribution is -0.144. The number of carboxylic acid groups (broad SMARTS) is 2. The van der Waals surface area contributed by atoms with Crippen molar-refractivity contribution in [3.8, 4) is 0 Å². The number of hydrogen-bond acceptors (Lipinski definition) is 15. The third kappa shape index (κ3) is 13.1. The molecular formula is C29H34N8O10S2. The highest BCUT2D eigenvalue weighted by molar-refractivity contribution is 8.76. The fourth-order valence-corrected chi connectivity index (χ4v) is 5.82. The quantitative estimate of drug-likeness (QED) is 0.0481. The first kappa shape index (κ1) is 38.2. The summed E-state index contributed by atoms with van der Waals surface area (Å²) in [5, 5.41) is 26.2. The molecule has 0 aliphatic carbocycles. The number of hydrogen-bond donors (Lipinski definition) is 7. The number of carboxylic acids is 2. The second-order valence-electron chi connectivity index (χ2n) is 10.3. The number of aromatic amines is 1. The summed E-state index contributed by atoms with van der Waals surface area (Å²) < 4.78 is 5.11. The van der Waals surface area contributed by atoms with E-state index in [1.54, 1.807) is 12.1 Å². The highest BCUT2D eigenvalue weighted by Crippen LogP contribution is 2.21. The predicted octanol–water partition coefficient (Wildman–Crippen LogP) is 0.734. The Morgan fingerprint density at radius 1 is 0.980 bits per heavy atom. The minimum absolute atomic E-state index is 0.0375. The molecule has 0 spiro atoms. The molecule has 0 bridgehead atoms. The number of nitrogens with one attached hydrogen (secondary N) is 4. The van der Waals surface area contributed by atoms with E-state index in [4.69, 9.17) is 15.6 Å². The fourth-order valence-electron chi connectivity index (χ4n) is 4.00. The minimum atomic E-state index is -1.34. The van der Waals surface area contributed by atoms with Crippen molar-refractivity contribution in [2.75, 3.05) is 29.2 Å². The molecule has 262 valence electrons. The van der Waals surface area contributed by atoms with E-state index in [0.717, 1.165) is 0 Å². The molecule has 0 radical (unpaired) electrons. The Morgan fingerprint density at radius 3 is 2.37 bits per heavy atom. The molecule has 0 fully saturated rings. The zero-order valence-electron chi connectivity index (χ0n) is 26.1. The lowest BCUT2D eigenvalue weighted by atomic mass is 10.1. The Balaban J connectivity index is 1.34. The third-order valence-corrected chi connectivity index (χ3v) is 8.85. The van der Waals surface area contributed by atoms with Gasteiger partial charge in [-0.1, -0.05) is 21.6 Å². The smallest absolute Gasteiger partial charge is 0.326 e. The topological polar surface area (TPSA) is 286 Å². The number of benzene rings is 1. The van der Waals surface area contributed by atoms with Gasteiger partial charge in [-0.2, -0.15) is 4.98 Å². The van der Waals surface area contributed by atoms with Gasteiger partial charge in [-0.25, -0.2) is 14.8 Å². The molecule has 3 rings (SSSR count). The van der Waals surface area contributed by atoms with Gasteiger partial charge in [0.1, 0.15) is 12.6 Å². The first-order valence-electron chi connectivity index (χ1n) is 14.6. The molecule has 8 N–H and O–H groups in total. The maximum absolute atomic E-state index is 12.7. The van der Waals surface area contributed by atoms with Crippen LogP contribution in [0.3, 0.4) is 0 Å². The monoisotopic (exact) mass is 718 g/mol. The van der Waals surface area contributed by atoms with Crippen LogP contribution in [0.4, 0.5) is 11.6 Å². The van der Waals surface area contributed by atoms with E-state index in [1.807, 2.05) is 0 Å². The number of nitrogens with zero attached hydrogens (tertiary/aromatic N) is 3. The number of ether oxygens (including phenoxy) is 1. The number of ketones is 1. The Bertz CT molecular complexity index is 1740. The van der Waals surface area contributed by atoms with Crippen LogP contribution in [0.5, 0.6) is 0 Å². The van der Waals surface area contributed by atoms with Gasteiger partial charge in [0.2, 0.25) is 11.9 Å². The summed E-state index contributed by atoms with van der Waals surface area (Å²) in [7, 11) is 2.66. The molecule has 0 saturated heterocycles. The van der Waals surface area contributed by atoms with Crippen molar-refractivity contribution in [3.63, 3.8) is 0 Å². The molecule has 3 aromatic rings. The molecule has 2 amide bonds.